The molecule has 5 heteroatoms. The number of halogens is 1. The minimum atomic E-state index is -0.107. The molecule has 0 atom stereocenters. The maximum absolute atomic E-state index is 6.16. The van der Waals surface area contributed by atoms with Crippen LogP contribution in [0, 0.1) is 0 Å². The van der Waals surface area contributed by atoms with Gasteiger partial charge in [0.2, 0.25) is 0 Å². The topological polar surface area (TPSA) is 18.5 Å². The maximum atomic E-state index is 6.16. The van der Waals surface area contributed by atoms with Crippen molar-refractivity contribution < 1.29 is 9.47 Å². The molecule has 1 saturated heterocycles. The number of ether oxygens (including phenoxy) is 2. The van der Waals surface area contributed by atoms with E-state index in [9.17, 15) is 0 Å². The molecule has 33 heavy (non-hydrogen) atoms. The number of hydrogen-bond acceptors (Lipinski definition) is 4. The van der Waals surface area contributed by atoms with Crippen molar-refractivity contribution in [1.82, 2.24) is 0 Å². The van der Waals surface area contributed by atoms with E-state index in [0.717, 1.165) is 44.7 Å². The van der Waals surface area contributed by atoms with Gasteiger partial charge in [0.05, 0.1) is 14.2 Å². The van der Waals surface area contributed by atoms with Crippen LogP contribution in [0.15, 0.2) is 91.0 Å². The molecule has 0 saturated carbocycles. The molecule has 2 nitrogen and oxygen atoms in total. The minimum absolute atomic E-state index is 0.107. The summed E-state index contributed by atoms with van der Waals surface area (Å²) in [5, 5.41) is 0.768. The van der Waals surface area contributed by atoms with Crippen LogP contribution in [0.4, 0.5) is 0 Å². The van der Waals surface area contributed by atoms with Crippen LogP contribution in [-0.2, 0) is 4.08 Å². The Morgan fingerprint density at radius 1 is 0.788 bits per heavy atom. The third kappa shape index (κ3) is 5.81. The summed E-state index contributed by atoms with van der Waals surface area (Å²) >= 11 is 10.1. The molecule has 3 aromatic rings. The summed E-state index contributed by atoms with van der Waals surface area (Å²) in [7, 11) is 3.38. The van der Waals surface area contributed by atoms with Gasteiger partial charge in [-0.15, -0.1) is 23.5 Å². The first kappa shape index (κ1) is 23.9. The summed E-state index contributed by atoms with van der Waals surface area (Å²) in [6.45, 7) is 0. The lowest BCUT2D eigenvalue weighted by Crippen LogP contribution is -2.20. The van der Waals surface area contributed by atoms with Gasteiger partial charge >= 0.3 is 0 Å². The molecule has 0 unspecified atom stereocenters. The van der Waals surface area contributed by atoms with E-state index in [1.165, 1.54) is 12.0 Å². The normalized spacial score (nSPS) is 15.2. The Bertz CT molecular complexity index is 1050. The van der Waals surface area contributed by atoms with E-state index in [-0.39, 0.29) is 4.08 Å². The SMILES string of the molecule is COc1ccc(C(=CC=CC2(c3ccc(Cl)cc3)SCCCS2)c2ccc(OC)cc2)cc1. The molecule has 0 amide bonds. The Kier molecular flexibility index (Phi) is 8.13. The highest BCUT2D eigenvalue weighted by Gasteiger charge is 2.32. The molecule has 1 aliphatic rings. The maximum Gasteiger partial charge on any atom is 0.118 e. The van der Waals surface area contributed by atoms with Crippen LogP contribution in [0.1, 0.15) is 23.1 Å². The number of rotatable bonds is 7. The lowest BCUT2D eigenvalue weighted by atomic mass is 9.97. The van der Waals surface area contributed by atoms with Crippen molar-refractivity contribution in [3.63, 3.8) is 0 Å². The number of benzene rings is 3. The van der Waals surface area contributed by atoms with E-state index >= 15 is 0 Å². The molecule has 1 aliphatic heterocycles. The van der Waals surface area contributed by atoms with Gasteiger partial charge in [0.1, 0.15) is 15.6 Å². The summed E-state index contributed by atoms with van der Waals surface area (Å²) in [6.07, 6.45) is 7.97. The van der Waals surface area contributed by atoms with E-state index in [4.69, 9.17) is 21.1 Å². The van der Waals surface area contributed by atoms with Gasteiger partial charge < -0.3 is 9.47 Å². The van der Waals surface area contributed by atoms with Crippen LogP contribution in [0.3, 0.4) is 0 Å². The lowest BCUT2D eigenvalue weighted by molar-refractivity contribution is 0.414. The smallest absolute Gasteiger partial charge is 0.118 e. The van der Waals surface area contributed by atoms with Crippen molar-refractivity contribution in [2.75, 3.05) is 25.7 Å². The van der Waals surface area contributed by atoms with Crippen LogP contribution < -0.4 is 9.47 Å². The van der Waals surface area contributed by atoms with E-state index in [2.05, 4.69) is 54.6 Å². The zero-order chi connectivity index (χ0) is 23.1. The van der Waals surface area contributed by atoms with E-state index in [1.54, 1.807) is 14.2 Å². The molecule has 0 bridgehead atoms. The van der Waals surface area contributed by atoms with Gasteiger partial charge in [-0.1, -0.05) is 66.2 Å². The minimum Gasteiger partial charge on any atom is -0.497 e. The average molecular weight is 495 g/mol. The molecular formula is C28H27ClO2S2. The molecule has 0 aromatic heterocycles. The first-order valence-electron chi connectivity index (χ1n) is 10.9. The molecule has 0 N–H and O–H groups in total. The van der Waals surface area contributed by atoms with Gasteiger partial charge in [0, 0.05) is 5.02 Å². The fraction of sp³-hybridized carbons (Fsp3) is 0.214. The molecule has 1 heterocycles. The molecule has 1 fully saturated rings. The van der Waals surface area contributed by atoms with Gasteiger partial charge in [0.15, 0.2) is 0 Å². The van der Waals surface area contributed by atoms with Crippen LogP contribution in [0.2, 0.25) is 5.02 Å². The molecule has 4 rings (SSSR count). The highest BCUT2D eigenvalue weighted by Crippen LogP contribution is 2.51. The molecule has 0 radical (unpaired) electrons. The van der Waals surface area contributed by atoms with Crippen molar-refractivity contribution in [2.24, 2.45) is 0 Å². The molecular weight excluding hydrogens is 468 g/mol. The van der Waals surface area contributed by atoms with Gasteiger partial charge in [-0.2, -0.15) is 0 Å². The second kappa shape index (κ2) is 11.2. The number of thioether (sulfide) groups is 2. The highest BCUT2D eigenvalue weighted by atomic mass is 35.5. The van der Waals surface area contributed by atoms with Crippen LogP contribution in [0.25, 0.3) is 5.57 Å². The standard InChI is InChI=1S/C28H27ClO2S2/c1-30-25-14-6-21(7-15-25)27(22-8-16-26(31-2)17-9-22)5-3-18-28(32-19-4-20-33-28)23-10-12-24(29)13-11-23/h3,5-18H,4,19-20H2,1-2H3. The van der Waals surface area contributed by atoms with Gasteiger partial charge in [-0.05, 0) is 76.6 Å². The fourth-order valence-electron chi connectivity index (χ4n) is 3.76. The Morgan fingerprint density at radius 3 is 1.79 bits per heavy atom. The summed E-state index contributed by atoms with van der Waals surface area (Å²) in [4.78, 5) is 0. The quantitative estimate of drug-likeness (QED) is 0.309. The van der Waals surface area contributed by atoms with Crippen molar-refractivity contribution in [2.45, 2.75) is 10.5 Å². The zero-order valence-electron chi connectivity index (χ0n) is 18.8. The monoisotopic (exact) mass is 494 g/mol. The Labute approximate surface area is 210 Å². The summed E-state index contributed by atoms with van der Waals surface area (Å²) in [6, 6.07) is 24.7. The van der Waals surface area contributed by atoms with Crippen LogP contribution in [0.5, 0.6) is 11.5 Å². The second-order valence-corrected chi connectivity index (χ2v) is 11.0. The second-order valence-electron chi connectivity index (χ2n) is 7.62. The van der Waals surface area contributed by atoms with Crippen molar-refractivity contribution >= 4 is 40.7 Å². The Balaban J connectivity index is 1.72. The van der Waals surface area contributed by atoms with E-state index < -0.39 is 0 Å². The fourth-order valence-corrected chi connectivity index (χ4v) is 7.04. The lowest BCUT2D eigenvalue weighted by Gasteiger charge is -2.34. The molecule has 3 aromatic carbocycles. The first-order chi connectivity index (χ1) is 16.1. The van der Waals surface area contributed by atoms with Gasteiger partial charge in [-0.3, -0.25) is 0 Å². The zero-order valence-corrected chi connectivity index (χ0v) is 21.2. The number of hydrogen-bond donors (Lipinski definition) is 0. The summed E-state index contributed by atoms with van der Waals surface area (Å²) < 4.78 is 10.6. The van der Waals surface area contributed by atoms with Crippen LogP contribution >= 0.6 is 35.1 Å². The molecule has 170 valence electrons. The summed E-state index contributed by atoms with van der Waals surface area (Å²) in [5.41, 5.74) is 4.69. The Morgan fingerprint density at radius 2 is 1.30 bits per heavy atom. The van der Waals surface area contributed by atoms with Gasteiger partial charge in [-0.25, -0.2) is 0 Å². The third-order valence-corrected chi connectivity index (χ3v) is 9.09. The summed E-state index contributed by atoms with van der Waals surface area (Å²) in [5.74, 6) is 3.99. The van der Waals surface area contributed by atoms with E-state index in [0.29, 0.717) is 0 Å². The highest BCUT2D eigenvalue weighted by molar-refractivity contribution is 8.18. The largest absolute Gasteiger partial charge is 0.497 e. The van der Waals surface area contributed by atoms with Gasteiger partial charge in [0.25, 0.3) is 0 Å². The predicted molar refractivity (Wildman–Crippen MR) is 145 cm³/mol. The van der Waals surface area contributed by atoms with Crippen molar-refractivity contribution in [3.05, 3.63) is 113 Å². The number of methoxy groups -OCH3 is 2. The van der Waals surface area contributed by atoms with Crippen molar-refractivity contribution in [1.29, 1.82) is 0 Å². The van der Waals surface area contributed by atoms with E-state index in [1.807, 2.05) is 59.9 Å². The molecule has 0 aliphatic carbocycles. The molecule has 0 spiro atoms. The predicted octanol–water partition coefficient (Wildman–Crippen LogP) is 8.07. The van der Waals surface area contributed by atoms with Crippen LogP contribution in [-0.4, -0.2) is 25.7 Å². The first-order valence-corrected chi connectivity index (χ1v) is 13.2. The number of allylic oxidation sites excluding steroid dienone is 2. The van der Waals surface area contributed by atoms with Crippen molar-refractivity contribution in [3.8, 4) is 11.5 Å². The average Bonchev–Trinajstić information content (AvgIpc) is 2.88. The Hall–Kier alpha value is -2.27. The third-order valence-electron chi connectivity index (χ3n) is 5.55.